The third-order valence-electron chi connectivity index (χ3n) is 3.82. The molecule has 19 heavy (non-hydrogen) atoms. The lowest BCUT2D eigenvalue weighted by Gasteiger charge is -2.28. The van der Waals surface area contributed by atoms with Crippen LogP contribution in [0.3, 0.4) is 0 Å². The van der Waals surface area contributed by atoms with Crippen LogP contribution in [0, 0.1) is 5.92 Å². The SMILES string of the molecule is NC(=O)[C@@H](NC(=O)[C@H]1CCCO1)[C@H]1CCCC(=O)C1. The number of carbonyl (C=O) groups excluding carboxylic acids is 3. The molecule has 3 N–H and O–H groups in total. The van der Waals surface area contributed by atoms with E-state index in [0.29, 0.717) is 25.9 Å². The van der Waals surface area contributed by atoms with Gasteiger partial charge in [0.15, 0.2) is 0 Å². The second-order valence-electron chi connectivity index (χ2n) is 5.29. The minimum Gasteiger partial charge on any atom is -0.368 e. The number of hydrogen-bond donors (Lipinski definition) is 2. The van der Waals surface area contributed by atoms with Crippen LogP contribution in [0.5, 0.6) is 0 Å². The fourth-order valence-corrected chi connectivity index (χ4v) is 2.79. The molecular weight excluding hydrogens is 248 g/mol. The largest absolute Gasteiger partial charge is 0.368 e. The number of nitrogens with one attached hydrogen (secondary N) is 1. The summed E-state index contributed by atoms with van der Waals surface area (Å²) in [6.45, 7) is 0.571. The Morgan fingerprint density at radius 1 is 1.32 bits per heavy atom. The van der Waals surface area contributed by atoms with Gasteiger partial charge in [-0.2, -0.15) is 0 Å². The van der Waals surface area contributed by atoms with Gasteiger partial charge >= 0.3 is 0 Å². The molecule has 106 valence electrons. The molecule has 1 aliphatic carbocycles. The molecule has 1 saturated heterocycles. The minimum absolute atomic E-state index is 0.133. The second kappa shape index (κ2) is 6.14. The Bertz CT molecular complexity index is 377. The van der Waals surface area contributed by atoms with E-state index in [2.05, 4.69) is 5.32 Å². The highest BCUT2D eigenvalue weighted by atomic mass is 16.5. The number of ketones is 1. The topological polar surface area (TPSA) is 98.5 Å². The number of amides is 2. The summed E-state index contributed by atoms with van der Waals surface area (Å²) >= 11 is 0. The predicted octanol–water partition coefficient (Wildman–Crippen LogP) is -0.105. The van der Waals surface area contributed by atoms with Gasteiger partial charge in [-0.25, -0.2) is 0 Å². The maximum atomic E-state index is 12.0. The van der Waals surface area contributed by atoms with Crippen LogP contribution in [0.4, 0.5) is 0 Å². The number of primary amides is 1. The smallest absolute Gasteiger partial charge is 0.249 e. The first kappa shape index (κ1) is 14.0. The molecule has 0 aromatic rings. The molecule has 2 amide bonds. The number of ether oxygens (including phenoxy) is 1. The van der Waals surface area contributed by atoms with Gasteiger partial charge in [-0.3, -0.25) is 14.4 Å². The molecule has 2 rings (SSSR count). The molecule has 1 aliphatic heterocycles. The molecule has 0 spiro atoms. The quantitative estimate of drug-likeness (QED) is 0.743. The van der Waals surface area contributed by atoms with Crippen molar-refractivity contribution >= 4 is 17.6 Å². The van der Waals surface area contributed by atoms with Gasteiger partial charge in [0.05, 0.1) is 0 Å². The zero-order valence-corrected chi connectivity index (χ0v) is 10.9. The summed E-state index contributed by atoms with van der Waals surface area (Å²) in [6.07, 6.45) is 3.40. The van der Waals surface area contributed by atoms with Crippen molar-refractivity contribution < 1.29 is 19.1 Å². The average molecular weight is 268 g/mol. The number of rotatable bonds is 4. The Morgan fingerprint density at radius 3 is 2.68 bits per heavy atom. The van der Waals surface area contributed by atoms with Gasteiger partial charge in [-0.15, -0.1) is 0 Å². The highest BCUT2D eigenvalue weighted by Gasteiger charge is 2.34. The standard InChI is InChI=1S/C13H20N2O4/c14-12(17)11(8-3-1-4-9(16)7-8)15-13(18)10-5-2-6-19-10/h8,10-11H,1-7H2,(H2,14,17)(H,15,18)/t8-,10+,11-/m0/s1. The molecule has 6 heteroatoms. The van der Waals surface area contributed by atoms with E-state index in [1.165, 1.54) is 0 Å². The summed E-state index contributed by atoms with van der Waals surface area (Å²) in [5.41, 5.74) is 5.35. The molecule has 1 saturated carbocycles. The summed E-state index contributed by atoms with van der Waals surface area (Å²) in [7, 11) is 0. The number of hydrogen-bond acceptors (Lipinski definition) is 4. The third kappa shape index (κ3) is 3.53. The lowest BCUT2D eigenvalue weighted by atomic mass is 9.82. The number of Topliss-reactive ketones (excluding diaryl/α,β-unsaturated/α-hetero) is 1. The number of nitrogens with two attached hydrogens (primary N) is 1. The van der Waals surface area contributed by atoms with Crippen LogP contribution in [-0.4, -0.2) is 36.4 Å². The van der Waals surface area contributed by atoms with Gasteiger partial charge in [0.2, 0.25) is 11.8 Å². The van der Waals surface area contributed by atoms with Gasteiger partial charge in [-0.1, -0.05) is 0 Å². The first-order valence-electron chi connectivity index (χ1n) is 6.81. The Labute approximate surface area is 112 Å². The van der Waals surface area contributed by atoms with E-state index in [1.807, 2.05) is 0 Å². The molecule has 6 nitrogen and oxygen atoms in total. The average Bonchev–Trinajstić information content (AvgIpc) is 2.89. The van der Waals surface area contributed by atoms with Crippen LogP contribution in [0.1, 0.15) is 38.5 Å². The number of carbonyl (C=O) groups is 3. The van der Waals surface area contributed by atoms with E-state index in [1.54, 1.807) is 0 Å². The summed E-state index contributed by atoms with van der Waals surface area (Å²) in [5.74, 6) is -0.914. The van der Waals surface area contributed by atoms with E-state index in [9.17, 15) is 14.4 Å². The van der Waals surface area contributed by atoms with E-state index < -0.39 is 18.1 Å². The fraction of sp³-hybridized carbons (Fsp3) is 0.769. The lowest BCUT2D eigenvalue weighted by molar-refractivity contribution is -0.135. The molecule has 2 aliphatic rings. The van der Waals surface area contributed by atoms with Crippen molar-refractivity contribution in [3.05, 3.63) is 0 Å². The van der Waals surface area contributed by atoms with Gasteiger partial charge in [0.25, 0.3) is 0 Å². The molecule has 0 aromatic carbocycles. The third-order valence-corrected chi connectivity index (χ3v) is 3.82. The van der Waals surface area contributed by atoms with Crippen LogP contribution in [0.15, 0.2) is 0 Å². The maximum Gasteiger partial charge on any atom is 0.249 e. The zero-order valence-electron chi connectivity index (χ0n) is 10.9. The van der Waals surface area contributed by atoms with E-state index in [-0.39, 0.29) is 17.6 Å². The minimum atomic E-state index is -0.763. The van der Waals surface area contributed by atoms with Crippen molar-refractivity contribution in [1.82, 2.24) is 5.32 Å². The summed E-state index contributed by atoms with van der Waals surface area (Å²) < 4.78 is 5.27. The zero-order chi connectivity index (χ0) is 13.8. The summed E-state index contributed by atoms with van der Waals surface area (Å²) in [6, 6.07) is -0.763. The Morgan fingerprint density at radius 2 is 2.11 bits per heavy atom. The molecular formula is C13H20N2O4. The van der Waals surface area contributed by atoms with Crippen molar-refractivity contribution in [2.45, 2.75) is 50.7 Å². The van der Waals surface area contributed by atoms with E-state index in [0.717, 1.165) is 19.3 Å². The van der Waals surface area contributed by atoms with Crippen molar-refractivity contribution in [2.75, 3.05) is 6.61 Å². The first-order valence-corrected chi connectivity index (χ1v) is 6.81. The molecule has 0 bridgehead atoms. The van der Waals surface area contributed by atoms with E-state index >= 15 is 0 Å². The fourth-order valence-electron chi connectivity index (χ4n) is 2.79. The van der Waals surface area contributed by atoms with Crippen LogP contribution in [0.2, 0.25) is 0 Å². The normalized spacial score (nSPS) is 28.9. The lowest BCUT2D eigenvalue weighted by Crippen LogP contribution is -2.52. The van der Waals surface area contributed by atoms with Crippen LogP contribution >= 0.6 is 0 Å². The Kier molecular flexibility index (Phi) is 4.52. The van der Waals surface area contributed by atoms with Crippen molar-refractivity contribution in [2.24, 2.45) is 11.7 Å². The molecule has 3 atom stereocenters. The van der Waals surface area contributed by atoms with E-state index in [4.69, 9.17) is 10.5 Å². The van der Waals surface area contributed by atoms with Crippen LogP contribution in [-0.2, 0) is 19.1 Å². The molecule has 0 radical (unpaired) electrons. The summed E-state index contributed by atoms with van der Waals surface area (Å²) in [5, 5.41) is 2.66. The molecule has 2 fully saturated rings. The van der Waals surface area contributed by atoms with Crippen molar-refractivity contribution in [3.63, 3.8) is 0 Å². The van der Waals surface area contributed by atoms with Crippen LogP contribution < -0.4 is 11.1 Å². The van der Waals surface area contributed by atoms with Crippen LogP contribution in [0.25, 0.3) is 0 Å². The van der Waals surface area contributed by atoms with Gasteiger partial charge in [-0.05, 0) is 31.6 Å². The van der Waals surface area contributed by atoms with Gasteiger partial charge < -0.3 is 15.8 Å². The highest BCUT2D eigenvalue weighted by molar-refractivity contribution is 5.89. The Balaban J connectivity index is 1.97. The van der Waals surface area contributed by atoms with Gasteiger partial charge in [0.1, 0.15) is 17.9 Å². The second-order valence-corrected chi connectivity index (χ2v) is 5.29. The first-order chi connectivity index (χ1) is 9.08. The summed E-state index contributed by atoms with van der Waals surface area (Å²) in [4.78, 5) is 34.9. The molecule has 0 unspecified atom stereocenters. The molecule has 0 aromatic heterocycles. The van der Waals surface area contributed by atoms with Gasteiger partial charge in [0, 0.05) is 19.4 Å². The predicted molar refractivity (Wildman–Crippen MR) is 67.1 cm³/mol. The highest BCUT2D eigenvalue weighted by Crippen LogP contribution is 2.24. The van der Waals surface area contributed by atoms with Crippen molar-refractivity contribution in [3.8, 4) is 0 Å². The maximum absolute atomic E-state index is 12.0. The Hall–Kier alpha value is -1.43. The molecule has 1 heterocycles. The monoisotopic (exact) mass is 268 g/mol. The van der Waals surface area contributed by atoms with Crippen molar-refractivity contribution in [1.29, 1.82) is 0 Å².